The molecule has 0 bridgehead atoms. The van der Waals surface area contributed by atoms with E-state index >= 15 is 0 Å². The second kappa shape index (κ2) is 7.09. The summed E-state index contributed by atoms with van der Waals surface area (Å²) in [5, 5.41) is 2.79. The molecule has 0 fully saturated rings. The second-order valence-electron chi connectivity index (χ2n) is 5.97. The van der Waals surface area contributed by atoms with Crippen LogP contribution in [0.2, 0.25) is 0 Å². The maximum absolute atomic E-state index is 12.1. The third kappa shape index (κ3) is 4.42. The topological polar surface area (TPSA) is 55.4 Å². The molecule has 0 saturated carbocycles. The zero-order chi connectivity index (χ0) is 16.9. The van der Waals surface area contributed by atoms with Crippen molar-refractivity contribution < 1.29 is 14.3 Å². The van der Waals surface area contributed by atoms with Crippen molar-refractivity contribution in [3.8, 4) is 5.75 Å². The summed E-state index contributed by atoms with van der Waals surface area (Å²) >= 11 is 0. The van der Waals surface area contributed by atoms with Crippen LogP contribution in [-0.2, 0) is 4.79 Å². The van der Waals surface area contributed by atoms with Crippen LogP contribution in [-0.4, -0.2) is 11.9 Å². The molecule has 0 atom stereocenters. The van der Waals surface area contributed by atoms with Crippen LogP contribution in [0, 0.1) is 5.41 Å². The van der Waals surface area contributed by atoms with Gasteiger partial charge in [0, 0.05) is 17.3 Å². The van der Waals surface area contributed by atoms with Gasteiger partial charge in [-0.25, -0.2) is 0 Å². The molecule has 2 aromatic carbocycles. The van der Waals surface area contributed by atoms with E-state index < -0.39 is 5.41 Å². The van der Waals surface area contributed by atoms with Gasteiger partial charge in [0.05, 0.1) is 5.41 Å². The summed E-state index contributed by atoms with van der Waals surface area (Å²) in [4.78, 5) is 24.2. The highest BCUT2D eigenvalue weighted by Crippen LogP contribution is 2.25. The van der Waals surface area contributed by atoms with E-state index in [2.05, 4.69) is 5.32 Å². The van der Waals surface area contributed by atoms with Crippen LogP contribution in [0.3, 0.4) is 0 Å². The number of carbonyl (C=O) groups excluding carboxylic acids is 2. The number of hydrogen-bond acceptors (Lipinski definition) is 3. The fourth-order valence-corrected chi connectivity index (χ4v) is 1.82. The lowest BCUT2D eigenvalue weighted by Crippen LogP contribution is -2.28. The van der Waals surface area contributed by atoms with Crippen molar-refractivity contribution >= 4 is 17.6 Å². The van der Waals surface area contributed by atoms with E-state index in [9.17, 15) is 9.59 Å². The fraction of sp³-hybridized carbons (Fsp3) is 0.263. The van der Waals surface area contributed by atoms with Crippen molar-refractivity contribution in [2.75, 3.05) is 5.32 Å². The molecular formula is C19H21NO3. The first-order chi connectivity index (χ1) is 10.9. The third-order valence-corrected chi connectivity index (χ3v) is 3.77. The van der Waals surface area contributed by atoms with Gasteiger partial charge in [-0.2, -0.15) is 0 Å². The Morgan fingerprint density at radius 1 is 1.04 bits per heavy atom. The molecule has 1 amide bonds. The zero-order valence-corrected chi connectivity index (χ0v) is 13.6. The van der Waals surface area contributed by atoms with Crippen LogP contribution in [0.5, 0.6) is 5.75 Å². The van der Waals surface area contributed by atoms with Crippen LogP contribution in [0.1, 0.15) is 37.6 Å². The molecular weight excluding hydrogens is 290 g/mol. The maximum atomic E-state index is 12.1. The van der Waals surface area contributed by atoms with E-state index in [-0.39, 0.29) is 11.9 Å². The summed E-state index contributed by atoms with van der Waals surface area (Å²) in [5.74, 6) is -0.0723. The molecule has 0 aromatic heterocycles. The van der Waals surface area contributed by atoms with E-state index in [0.717, 1.165) is 0 Å². The molecule has 0 radical (unpaired) electrons. The molecule has 120 valence electrons. The second-order valence-corrected chi connectivity index (χ2v) is 5.97. The van der Waals surface area contributed by atoms with E-state index in [1.807, 2.05) is 26.8 Å². The number of benzene rings is 2. The van der Waals surface area contributed by atoms with E-state index in [0.29, 0.717) is 23.4 Å². The molecule has 0 aliphatic heterocycles. The Labute approximate surface area is 136 Å². The maximum Gasteiger partial charge on any atom is 0.316 e. The summed E-state index contributed by atoms with van der Waals surface area (Å²) < 4.78 is 5.41. The van der Waals surface area contributed by atoms with Gasteiger partial charge in [-0.3, -0.25) is 9.59 Å². The minimum absolute atomic E-state index is 0.206. The highest BCUT2D eigenvalue weighted by molar-refractivity contribution is 6.04. The van der Waals surface area contributed by atoms with Gasteiger partial charge in [0.25, 0.3) is 5.91 Å². The van der Waals surface area contributed by atoms with Crippen molar-refractivity contribution in [2.24, 2.45) is 5.41 Å². The molecule has 0 spiro atoms. The molecule has 4 heteroatoms. The largest absolute Gasteiger partial charge is 0.426 e. The van der Waals surface area contributed by atoms with Crippen LogP contribution in [0.4, 0.5) is 5.69 Å². The standard InChI is InChI=1S/C19H21NO3/c1-4-19(2,3)18(22)23-16-12-8-11-15(13-16)20-17(21)14-9-6-5-7-10-14/h5-13H,4H2,1-3H3,(H,20,21). The van der Waals surface area contributed by atoms with Gasteiger partial charge in [0.1, 0.15) is 5.75 Å². The number of ether oxygens (including phenoxy) is 1. The molecule has 1 N–H and O–H groups in total. The SMILES string of the molecule is CCC(C)(C)C(=O)Oc1cccc(NC(=O)c2ccccc2)c1. The normalized spacial score (nSPS) is 10.9. The molecule has 2 rings (SSSR count). The summed E-state index contributed by atoms with van der Waals surface area (Å²) in [5.41, 5.74) is 0.615. The molecule has 23 heavy (non-hydrogen) atoms. The summed E-state index contributed by atoms with van der Waals surface area (Å²) in [6.45, 7) is 5.63. The van der Waals surface area contributed by atoms with Gasteiger partial charge >= 0.3 is 5.97 Å². The molecule has 0 aliphatic rings. The molecule has 0 saturated heterocycles. The molecule has 4 nitrogen and oxygen atoms in total. The number of anilines is 1. The fourth-order valence-electron chi connectivity index (χ4n) is 1.82. The number of carbonyl (C=O) groups is 2. The molecule has 0 unspecified atom stereocenters. The van der Waals surface area contributed by atoms with Crippen molar-refractivity contribution in [1.82, 2.24) is 0 Å². The monoisotopic (exact) mass is 311 g/mol. The predicted octanol–water partition coefficient (Wildman–Crippen LogP) is 4.28. The summed E-state index contributed by atoms with van der Waals surface area (Å²) in [6, 6.07) is 15.8. The van der Waals surface area contributed by atoms with Crippen LogP contribution in [0.25, 0.3) is 0 Å². The van der Waals surface area contributed by atoms with Gasteiger partial charge in [-0.1, -0.05) is 31.2 Å². The minimum atomic E-state index is -0.538. The number of rotatable bonds is 5. The molecule has 0 aliphatic carbocycles. The molecule has 0 heterocycles. The average molecular weight is 311 g/mol. The Morgan fingerprint density at radius 2 is 1.74 bits per heavy atom. The zero-order valence-electron chi connectivity index (χ0n) is 13.6. The van der Waals surface area contributed by atoms with Gasteiger partial charge in [-0.05, 0) is 44.5 Å². The van der Waals surface area contributed by atoms with Crippen LogP contribution in [0.15, 0.2) is 54.6 Å². The lowest BCUT2D eigenvalue weighted by atomic mass is 9.91. The van der Waals surface area contributed by atoms with E-state index in [4.69, 9.17) is 4.74 Å². The van der Waals surface area contributed by atoms with Gasteiger partial charge in [-0.15, -0.1) is 0 Å². The highest BCUT2D eigenvalue weighted by atomic mass is 16.5. The van der Waals surface area contributed by atoms with E-state index in [1.54, 1.807) is 48.5 Å². The molecule has 2 aromatic rings. The predicted molar refractivity (Wildman–Crippen MR) is 90.5 cm³/mol. The van der Waals surface area contributed by atoms with Gasteiger partial charge in [0.15, 0.2) is 0 Å². The number of hydrogen-bond donors (Lipinski definition) is 1. The number of amides is 1. The smallest absolute Gasteiger partial charge is 0.316 e. The number of nitrogens with one attached hydrogen (secondary N) is 1. The Bertz CT molecular complexity index is 693. The summed E-state index contributed by atoms with van der Waals surface area (Å²) in [6.07, 6.45) is 0.691. The Morgan fingerprint density at radius 3 is 2.39 bits per heavy atom. The van der Waals surface area contributed by atoms with Crippen molar-refractivity contribution in [3.63, 3.8) is 0 Å². The van der Waals surface area contributed by atoms with Crippen LogP contribution < -0.4 is 10.1 Å². The lowest BCUT2D eigenvalue weighted by molar-refractivity contribution is -0.144. The first-order valence-electron chi connectivity index (χ1n) is 7.61. The quantitative estimate of drug-likeness (QED) is 0.662. The minimum Gasteiger partial charge on any atom is -0.426 e. The van der Waals surface area contributed by atoms with Crippen LogP contribution >= 0.6 is 0 Å². The summed E-state index contributed by atoms with van der Waals surface area (Å²) in [7, 11) is 0. The Kier molecular flexibility index (Phi) is 5.16. The van der Waals surface area contributed by atoms with Crippen molar-refractivity contribution in [1.29, 1.82) is 0 Å². The first kappa shape index (κ1) is 16.7. The number of esters is 1. The van der Waals surface area contributed by atoms with E-state index in [1.165, 1.54) is 0 Å². The van der Waals surface area contributed by atoms with Crippen molar-refractivity contribution in [3.05, 3.63) is 60.2 Å². The third-order valence-electron chi connectivity index (χ3n) is 3.77. The van der Waals surface area contributed by atoms with Crippen molar-refractivity contribution in [2.45, 2.75) is 27.2 Å². The average Bonchev–Trinajstić information content (AvgIpc) is 2.56. The lowest BCUT2D eigenvalue weighted by Gasteiger charge is -2.20. The van der Waals surface area contributed by atoms with Gasteiger partial charge in [0.2, 0.25) is 0 Å². The first-order valence-corrected chi connectivity index (χ1v) is 7.61. The van der Waals surface area contributed by atoms with Gasteiger partial charge < -0.3 is 10.1 Å². The highest BCUT2D eigenvalue weighted by Gasteiger charge is 2.27. The Hall–Kier alpha value is -2.62. The Balaban J connectivity index is 2.08.